The molecule has 1 N–H and O–H groups in total. The standard InChI is InChI=1S/C17H33N3O/c1-5-7-10-14-16(21)20(15(6-2)18-14)13-17(19(3)4)11-8-9-12-17/h14-15,18H,5-13H2,1-4H3. The Balaban J connectivity index is 2.07. The Kier molecular flexibility index (Phi) is 5.67. The Morgan fingerprint density at radius 1 is 1.29 bits per heavy atom. The van der Waals surface area contributed by atoms with Crippen LogP contribution in [0, 0.1) is 0 Å². The zero-order chi connectivity index (χ0) is 15.5. The van der Waals surface area contributed by atoms with Gasteiger partial charge in [-0.05, 0) is 39.8 Å². The topological polar surface area (TPSA) is 35.6 Å². The molecule has 0 aromatic rings. The van der Waals surface area contributed by atoms with Crippen LogP contribution in [0.25, 0.3) is 0 Å². The van der Waals surface area contributed by atoms with Crippen LogP contribution in [0.15, 0.2) is 0 Å². The van der Waals surface area contributed by atoms with Gasteiger partial charge in [0.05, 0.1) is 12.2 Å². The number of unbranched alkanes of at least 4 members (excludes halogenated alkanes) is 1. The third kappa shape index (κ3) is 3.42. The molecule has 0 aromatic carbocycles. The fraction of sp³-hybridized carbons (Fsp3) is 0.941. The van der Waals surface area contributed by atoms with Gasteiger partial charge < -0.3 is 9.80 Å². The molecule has 1 saturated heterocycles. The van der Waals surface area contributed by atoms with Crippen LogP contribution in [-0.4, -0.2) is 54.1 Å². The van der Waals surface area contributed by atoms with Crippen molar-refractivity contribution in [3.8, 4) is 0 Å². The second-order valence-corrected chi connectivity index (χ2v) is 7.08. The average molecular weight is 295 g/mol. The van der Waals surface area contributed by atoms with Gasteiger partial charge in [0.25, 0.3) is 0 Å². The molecule has 1 aliphatic carbocycles. The van der Waals surface area contributed by atoms with E-state index in [9.17, 15) is 4.79 Å². The molecule has 0 radical (unpaired) electrons. The van der Waals surface area contributed by atoms with Crippen LogP contribution in [0.3, 0.4) is 0 Å². The van der Waals surface area contributed by atoms with Crippen LogP contribution < -0.4 is 5.32 Å². The van der Waals surface area contributed by atoms with Crippen molar-refractivity contribution in [1.29, 1.82) is 0 Å². The van der Waals surface area contributed by atoms with Gasteiger partial charge >= 0.3 is 0 Å². The average Bonchev–Trinajstić information content (AvgIpc) is 3.05. The van der Waals surface area contributed by atoms with Crippen LogP contribution in [0.1, 0.15) is 65.2 Å². The van der Waals surface area contributed by atoms with Crippen molar-refractivity contribution in [3.05, 3.63) is 0 Å². The van der Waals surface area contributed by atoms with Gasteiger partial charge in [0.15, 0.2) is 0 Å². The highest BCUT2D eigenvalue weighted by molar-refractivity contribution is 5.84. The number of likely N-dealkylation sites (N-methyl/N-ethyl adjacent to an activating group) is 1. The van der Waals surface area contributed by atoms with Crippen LogP contribution in [-0.2, 0) is 4.79 Å². The highest BCUT2D eigenvalue weighted by Crippen LogP contribution is 2.36. The van der Waals surface area contributed by atoms with Crippen LogP contribution in [0.4, 0.5) is 0 Å². The summed E-state index contributed by atoms with van der Waals surface area (Å²) in [5.74, 6) is 0.337. The predicted octanol–water partition coefficient (Wildman–Crippen LogP) is 2.59. The maximum absolute atomic E-state index is 12.8. The fourth-order valence-corrected chi connectivity index (χ4v) is 3.99. The summed E-state index contributed by atoms with van der Waals surface area (Å²) in [5.41, 5.74) is 0.199. The summed E-state index contributed by atoms with van der Waals surface area (Å²) in [7, 11) is 4.35. The predicted molar refractivity (Wildman–Crippen MR) is 87.1 cm³/mol. The van der Waals surface area contributed by atoms with E-state index in [1.54, 1.807) is 0 Å². The van der Waals surface area contributed by atoms with Crippen molar-refractivity contribution >= 4 is 5.91 Å². The van der Waals surface area contributed by atoms with E-state index in [0.717, 1.165) is 32.2 Å². The minimum Gasteiger partial charge on any atom is -0.324 e. The van der Waals surface area contributed by atoms with E-state index >= 15 is 0 Å². The zero-order valence-electron chi connectivity index (χ0n) is 14.3. The first kappa shape index (κ1) is 16.8. The Morgan fingerprint density at radius 2 is 1.95 bits per heavy atom. The molecule has 4 heteroatoms. The second-order valence-electron chi connectivity index (χ2n) is 7.08. The summed E-state index contributed by atoms with van der Waals surface area (Å²) < 4.78 is 0. The van der Waals surface area contributed by atoms with Gasteiger partial charge in [0, 0.05) is 12.1 Å². The number of amides is 1. The molecule has 1 aliphatic heterocycles. The van der Waals surface area contributed by atoms with Crippen molar-refractivity contribution in [2.75, 3.05) is 20.6 Å². The van der Waals surface area contributed by atoms with Crippen molar-refractivity contribution in [2.24, 2.45) is 0 Å². The van der Waals surface area contributed by atoms with Crippen LogP contribution in [0.2, 0.25) is 0 Å². The summed E-state index contributed by atoms with van der Waals surface area (Å²) in [4.78, 5) is 17.3. The van der Waals surface area contributed by atoms with E-state index in [2.05, 4.69) is 43.1 Å². The summed E-state index contributed by atoms with van der Waals surface area (Å²) >= 11 is 0. The maximum atomic E-state index is 12.8. The van der Waals surface area contributed by atoms with E-state index in [1.165, 1.54) is 25.7 Å². The molecule has 0 spiro atoms. The van der Waals surface area contributed by atoms with Crippen LogP contribution in [0.5, 0.6) is 0 Å². The molecule has 2 rings (SSSR count). The van der Waals surface area contributed by atoms with E-state index in [0.29, 0.717) is 5.91 Å². The van der Waals surface area contributed by atoms with Crippen molar-refractivity contribution in [2.45, 2.75) is 83.0 Å². The molecule has 0 aromatic heterocycles. The highest BCUT2D eigenvalue weighted by atomic mass is 16.2. The van der Waals surface area contributed by atoms with Gasteiger partial charge in [-0.25, -0.2) is 0 Å². The Bertz CT molecular complexity index is 350. The van der Waals surface area contributed by atoms with E-state index in [4.69, 9.17) is 0 Å². The van der Waals surface area contributed by atoms with E-state index in [1.807, 2.05) is 0 Å². The van der Waals surface area contributed by atoms with Gasteiger partial charge in [-0.3, -0.25) is 10.1 Å². The van der Waals surface area contributed by atoms with Crippen molar-refractivity contribution in [1.82, 2.24) is 15.1 Å². The molecule has 122 valence electrons. The Labute approximate surface area is 130 Å². The smallest absolute Gasteiger partial charge is 0.241 e. The summed E-state index contributed by atoms with van der Waals surface area (Å²) in [6.45, 7) is 5.26. The van der Waals surface area contributed by atoms with Gasteiger partial charge in [0.2, 0.25) is 5.91 Å². The van der Waals surface area contributed by atoms with Crippen molar-refractivity contribution in [3.63, 3.8) is 0 Å². The Morgan fingerprint density at radius 3 is 2.48 bits per heavy atom. The molecule has 2 atom stereocenters. The molecule has 1 amide bonds. The first-order valence-corrected chi connectivity index (χ1v) is 8.78. The first-order valence-electron chi connectivity index (χ1n) is 8.78. The minimum atomic E-state index is 0.0514. The third-order valence-electron chi connectivity index (χ3n) is 5.53. The molecule has 0 bridgehead atoms. The first-order chi connectivity index (χ1) is 10.0. The third-order valence-corrected chi connectivity index (χ3v) is 5.53. The zero-order valence-corrected chi connectivity index (χ0v) is 14.3. The minimum absolute atomic E-state index is 0.0514. The molecule has 2 fully saturated rings. The van der Waals surface area contributed by atoms with E-state index in [-0.39, 0.29) is 17.7 Å². The number of nitrogens with one attached hydrogen (secondary N) is 1. The van der Waals surface area contributed by atoms with E-state index < -0.39 is 0 Å². The molecular weight excluding hydrogens is 262 g/mol. The monoisotopic (exact) mass is 295 g/mol. The summed E-state index contributed by atoms with van der Waals surface area (Å²) in [6, 6.07) is 0.0514. The lowest BCUT2D eigenvalue weighted by molar-refractivity contribution is -0.132. The van der Waals surface area contributed by atoms with Crippen molar-refractivity contribution < 1.29 is 4.79 Å². The fourth-order valence-electron chi connectivity index (χ4n) is 3.99. The summed E-state index contributed by atoms with van der Waals surface area (Å²) in [6.07, 6.45) is 9.54. The molecule has 21 heavy (non-hydrogen) atoms. The highest BCUT2D eigenvalue weighted by Gasteiger charge is 2.44. The SMILES string of the molecule is CCCCC1NC(CC)N(CC2(N(C)C)CCCC2)C1=O. The molecular formula is C17H33N3O. The quantitative estimate of drug-likeness (QED) is 0.784. The molecule has 4 nitrogen and oxygen atoms in total. The number of carbonyl (C=O) groups excluding carboxylic acids is 1. The number of hydrogen-bond donors (Lipinski definition) is 1. The number of nitrogens with zero attached hydrogens (tertiary/aromatic N) is 2. The molecule has 1 saturated carbocycles. The van der Waals surface area contributed by atoms with Gasteiger partial charge in [-0.15, -0.1) is 0 Å². The number of carbonyl (C=O) groups is 1. The largest absolute Gasteiger partial charge is 0.324 e. The molecule has 2 aliphatic rings. The lowest BCUT2D eigenvalue weighted by Crippen LogP contribution is -2.53. The lowest BCUT2D eigenvalue weighted by atomic mass is 9.94. The van der Waals surface area contributed by atoms with Gasteiger partial charge in [-0.1, -0.05) is 39.5 Å². The van der Waals surface area contributed by atoms with Gasteiger partial charge in [-0.2, -0.15) is 0 Å². The van der Waals surface area contributed by atoms with Crippen LogP contribution >= 0.6 is 0 Å². The number of rotatable bonds is 7. The molecule has 1 heterocycles. The molecule has 2 unspecified atom stereocenters. The maximum Gasteiger partial charge on any atom is 0.241 e. The Hall–Kier alpha value is -0.610. The summed E-state index contributed by atoms with van der Waals surface area (Å²) in [5, 5.41) is 3.56. The van der Waals surface area contributed by atoms with Gasteiger partial charge in [0.1, 0.15) is 0 Å². The normalized spacial score (nSPS) is 28.8. The number of hydrogen-bond acceptors (Lipinski definition) is 3. The lowest BCUT2D eigenvalue weighted by Gasteiger charge is -2.41. The second kappa shape index (κ2) is 7.10.